The lowest BCUT2D eigenvalue weighted by atomic mass is 10.1. The van der Waals surface area contributed by atoms with Crippen LogP contribution in [-0.4, -0.2) is 22.6 Å². The van der Waals surface area contributed by atoms with Crippen LogP contribution in [-0.2, 0) is 4.79 Å². The minimum absolute atomic E-state index is 0.00208. The van der Waals surface area contributed by atoms with Gasteiger partial charge in [-0.3, -0.25) is 9.89 Å². The number of nitrogen functional groups attached to an aromatic ring is 1. The zero-order valence-corrected chi connectivity index (χ0v) is 10.2. The fourth-order valence-corrected chi connectivity index (χ4v) is 1.71. The van der Waals surface area contributed by atoms with Crippen molar-refractivity contribution in [1.82, 2.24) is 15.5 Å². The van der Waals surface area contributed by atoms with Crippen LogP contribution >= 0.6 is 0 Å². The largest absolute Gasteiger partial charge is 0.382 e. The maximum Gasteiger partial charge on any atom is 0.216 e. The van der Waals surface area contributed by atoms with Crippen LogP contribution in [0.1, 0.15) is 18.9 Å². The van der Waals surface area contributed by atoms with Crippen molar-refractivity contribution in [3.8, 4) is 0 Å². The molecule has 0 aliphatic rings. The molecule has 2 aromatic rings. The van der Waals surface area contributed by atoms with E-state index >= 15 is 0 Å². The fraction of sp³-hybridized carbons (Fsp3) is 0.231. The van der Waals surface area contributed by atoms with Crippen LogP contribution < -0.4 is 11.1 Å². The SMILES string of the molecule is CC(=O)NCCC=Cc1ccc2c(N)n[nH]c2c1. The van der Waals surface area contributed by atoms with Crippen LogP contribution in [0.3, 0.4) is 0 Å². The Morgan fingerprint density at radius 3 is 3.17 bits per heavy atom. The number of aromatic amines is 1. The molecule has 0 unspecified atom stereocenters. The number of fused-ring (bicyclic) bond motifs is 1. The second-order valence-corrected chi connectivity index (χ2v) is 4.09. The monoisotopic (exact) mass is 244 g/mol. The topological polar surface area (TPSA) is 83.8 Å². The molecule has 4 N–H and O–H groups in total. The molecule has 0 fully saturated rings. The average Bonchev–Trinajstić information content (AvgIpc) is 2.70. The van der Waals surface area contributed by atoms with E-state index in [0.29, 0.717) is 12.4 Å². The third-order valence-electron chi connectivity index (χ3n) is 2.61. The molecule has 0 radical (unpaired) electrons. The smallest absolute Gasteiger partial charge is 0.216 e. The molecule has 0 saturated heterocycles. The summed E-state index contributed by atoms with van der Waals surface area (Å²) in [6.45, 7) is 2.17. The summed E-state index contributed by atoms with van der Waals surface area (Å²) in [5, 5.41) is 10.5. The molecule has 0 saturated carbocycles. The Kier molecular flexibility index (Phi) is 3.62. The van der Waals surface area contributed by atoms with Crippen molar-refractivity contribution in [2.24, 2.45) is 0 Å². The summed E-state index contributed by atoms with van der Waals surface area (Å²) in [5.41, 5.74) is 7.70. The molecular weight excluding hydrogens is 228 g/mol. The van der Waals surface area contributed by atoms with Gasteiger partial charge in [0.2, 0.25) is 5.91 Å². The Morgan fingerprint density at radius 2 is 2.39 bits per heavy atom. The van der Waals surface area contributed by atoms with Crippen molar-refractivity contribution in [3.63, 3.8) is 0 Å². The van der Waals surface area contributed by atoms with Gasteiger partial charge in [0.1, 0.15) is 0 Å². The van der Waals surface area contributed by atoms with Crippen LogP contribution in [0.25, 0.3) is 17.0 Å². The van der Waals surface area contributed by atoms with E-state index in [1.165, 1.54) is 6.92 Å². The Hall–Kier alpha value is -2.30. The number of H-pyrrole nitrogens is 1. The standard InChI is InChI=1S/C13H16N4O/c1-9(18)15-7-3-2-4-10-5-6-11-12(8-10)16-17-13(11)14/h2,4-6,8H,3,7H2,1H3,(H,15,18)(H3,14,16,17). The first-order valence-corrected chi connectivity index (χ1v) is 5.81. The van der Waals surface area contributed by atoms with Crippen molar-refractivity contribution in [2.45, 2.75) is 13.3 Å². The Bertz CT molecular complexity index is 586. The van der Waals surface area contributed by atoms with E-state index in [4.69, 9.17) is 5.73 Å². The summed E-state index contributed by atoms with van der Waals surface area (Å²) >= 11 is 0. The summed E-state index contributed by atoms with van der Waals surface area (Å²) in [5.74, 6) is 0.518. The summed E-state index contributed by atoms with van der Waals surface area (Å²) in [7, 11) is 0. The van der Waals surface area contributed by atoms with Gasteiger partial charge in [-0.1, -0.05) is 18.2 Å². The van der Waals surface area contributed by atoms with Crippen LogP contribution in [0.4, 0.5) is 5.82 Å². The number of aromatic nitrogens is 2. The minimum Gasteiger partial charge on any atom is -0.382 e. The van der Waals surface area contributed by atoms with E-state index in [0.717, 1.165) is 22.9 Å². The van der Waals surface area contributed by atoms with Gasteiger partial charge in [-0.2, -0.15) is 5.10 Å². The van der Waals surface area contributed by atoms with Gasteiger partial charge in [0.05, 0.1) is 5.52 Å². The molecule has 0 aliphatic heterocycles. The highest BCUT2D eigenvalue weighted by atomic mass is 16.1. The van der Waals surface area contributed by atoms with Gasteiger partial charge in [-0.05, 0) is 24.1 Å². The van der Waals surface area contributed by atoms with E-state index < -0.39 is 0 Å². The van der Waals surface area contributed by atoms with Crippen LogP contribution in [0.15, 0.2) is 24.3 Å². The van der Waals surface area contributed by atoms with Gasteiger partial charge in [-0.25, -0.2) is 0 Å². The van der Waals surface area contributed by atoms with Gasteiger partial charge in [0.25, 0.3) is 0 Å². The molecule has 0 spiro atoms. The maximum absolute atomic E-state index is 10.7. The van der Waals surface area contributed by atoms with Crippen molar-refractivity contribution >= 4 is 28.7 Å². The number of rotatable bonds is 4. The lowest BCUT2D eigenvalue weighted by Crippen LogP contribution is -2.20. The number of anilines is 1. The third-order valence-corrected chi connectivity index (χ3v) is 2.61. The molecule has 0 bridgehead atoms. The highest BCUT2D eigenvalue weighted by Gasteiger charge is 2.00. The van der Waals surface area contributed by atoms with Crippen molar-refractivity contribution in [1.29, 1.82) is 0 Å². The summed E-state index contributed by atoms with van der Waals surface area (Å²) in [6, 6.07) is 5.93. The first kappa shape index (κ1) is 12.2. The fourth-order valence-electron chi connectivity index (χ4n) is 1.71. The van der Waals surface area contributed by atoms with Crippen molar-refractivity contribution < 1.29 is 4.79 Å². The lowest BCUT2D eigenvalue weighted by Gasteiger charge is -1.97. The predicted molar refractivity (Wildman–Crippen MR) is 72.8 cm³/mol. The Balaban J connectivity index is 1.99. The first-order chi connectivity index (χ1) is 8.66. The first-order valence-electron chi connectivity index (χ1n) is 5.81. The Labute approximate surface area is 105 Å². The van der Waals surface area contributed by atoms with Crippen molar-refractivity contribution in [2.75, 3.05) is 12.3 Å². The molecule has 1 amide bonds. The summed E-state index contributed by atoms with van der Waals surface area (Å²) in [6.07, 6.45) is 4.85. The number of amides is 1. The molecule has 2 rings (SSSR count). The molecule has 0 atom stereocenters. The maximum atomic E-state index is 10.7. The predicted octanol–water partition coefficient (Wildman–Crippen LogP) is 1.68. The average molecular weight is 244 g/mol. The van der Waals surface area contributed by atoms with E-state index in [1.54, 1.807) is 0 Å². The molecule has 1 aromatic heterocycles. The molecule has 1 aromatic carbocycles. The number of carbonyl (C=O) groups excluding carboxylic acids is 1. The van der Waals surface area contributed by atoms with Gasteiger partial charge in [-0.15, -0.1) is 0 Å². The van der Waals surface area contributed by atoms with Gasteiger partial charge in [0, 0.05) is 18.9 Å². The number of benzene rings is 1. The molecule has 1 heterocycles. The van der Waals surface area contributed by atoms with Crippen LogP contribution in [0.2, 0.25) is 0 Å². The zero-order chi connectivity index (χ0) is 13.0. The second-order valence-electron chi connectivity index (χ2n) is 4.09. The van der Waals surface area contributed by atoms with Gasteiger partial charge < -0.3 is 11.1 Å². The van der Waals surface area contributed by atoms with E-state index in [9.17, 15) is 4.79 Å². The molecule has 5 heteroatoms. The second kappa shape index (κ2) is 5.35. The minimum atomic E-state index is -0.00208. The number of hydrogen-bond acceptors (Lipinski definition) is 3. The van der Waals surface area contributed by atoms with E-state index in [1.807, 2.05) is 30.4 Å². The van der Waals surface area contributed by atoms with Crippen LogP contribution in [0.5, 0.6) is 0 Å². The zero-order valence-electron chi connectivity index (χ0n) is 10.2. The number of nitrogens with zero attached hydrogens (tertiary/aromatic N) is 1. The number of nitrogens with two attached hydrogens (primary N) is 1. The van der Waals surface area contributed by atoms with Gasteiger partial charge >= 0.3 is 0 Å². The number of hydrogen-bond donors (Lipinski definition) is 3. The van der Waals surface area contributed by atoms with E-state index in [-0.39, 0.29) is 5.91 Å². The highest BCUT2D eigenvalue weighted by molar-refractivity contribution is 5.89. The summed E-state index contributed by atoms with van der Waals surface area (Å²) in [4.78, 5) is 10.7. The highest BCUT2D eigenvalue weighted by Crippen LogP contribution is 2.19. The Morgan fingerprint density at radius 1 is 1.56 bits per heavy atom. The summed E-state index contributed by atoms with van der Waals surface area (Å²) < 4.78 is 0. The van der Waals surface area contributed by atoms with E-state index in [2.05, 4.69) is 15.5 Å². The van der Waals surface area contributed by atoms with Crippen molar-refractivity contribution in [3.05, 3.63) is 29.8 Å². The number of carbonyl (C=O) groups is 1. The molecule has 94 valence electrons. The normalized spacial score (nSPS) is 11.2. The molecule has 5 nitrogen and oxygen atoms in total. The molecular formula is C13H16N4O. The number of nitrogens with one attached hydrogen (secondary N) is 2. The molecule has 18 heavy (non-hydrogen) atoms. The van der Waals surface area contributed by atoms with Gasteiger partial charge in [0.15, 0.2) is 5.82 Å². The lowest BCUT2D eigenvalue weighted by molar-refractivity contribution is -0.118. The molecule has 0 aliphatic carbocycles. The third kappa shape index (κ3) is 2.88. The quantitative estimate of drug-likeness (QED) is 0.715. The van der Waals surface area contributed by atoms with Crippen LogP contribution in [0, 0.1) is 0 Å².